The Labute approximate surface area is 198 Å². The fourth-order valence-electron chi connectivity index (χ4n) is 3.26. The summed E-state index contributed by atoms with van der Waals surface area (Å²) in [5.41, 5.74) is 1.44. The van der Waals surface area contributed by atoms with E-state index in [1.807, 2.05) is 17.9 Å². The second-order valence-electron chi connectivity index (χ2n) is 7.13. The van der Waals surface area contributed by atoms with E-state index in [1.165, 1.54) is 25.9 Å². The third kappa shape index (κ3) is 8.02. The number of carbonyl (C=O) groups is 1. The van der Waals surface area contributed by atoms with Gasteiger partial charge in [0.05, 0.1) is 19.3 Å². The van der Waals surface area contributed by atoms with Crippen molar-refractivity contribution in [1.29, 1.82) is 0 Å². The van der Waals surface area contributed by atoms with E-state index >= 15 is 0 Å². The van der Waals surface area contributed by atoms with E-state index in [0.29, 0.717) is 56.7 Å². The molecule has 0 saturated carbocycles. The monoisotopic (exact) mass is 557 g/mol. The molecule has 0 aliphatic carbocycles. The van der Waals surface area contributed by atoms with Crippen LogP contribution in [0.3, 0.4) is 0 Å². The Bertz CT molecular complexity index is 753. The first-order valence-corrected chi connectivity index (χ1v) is 9.94. The summed E-state index contributed by atoms with van der Waals surface area (Å²) in [6.07, 6.45) is -4.22. The van der Waals surface area contributed by atoms with Crippen molar-refractivity contribution >= 4 is 41.5 Å². The molecule has 1 atom stereocenters. The Morgan fingerprint density at radius 3 is 2.42 bits per heavy atom. The largest absolute Gasteiger partial charge is 0.495 e. The molecule has 2 rings (SSSR count). The average molecular weight is 557 g/mol. The SMILES string of the molecule is CCNC(=NCc1ccc(OC)c(NC(C)=O)c1)N1CCN(C(C)C(F)(F)F)CC1.I. The molecule has 176 valence electrons. The highest BCUT2D eigenvalue weighted by Crippen LogP contribution is 2.26. The van der Waals surface area contributed by atoms with E-state index in [9.17, 15) is 18.0 Å². The maximum absolute atomic E-state index is 13.0. The number of hydrogen-bond donors (Lipinski definition) is 2. The summed E-state index contributed by atoms with van der Waals surface area (Å²) in [7, 11) is 1.53. The van der Waals surface area contributed by atoms with Gasteiger partial charge in [0.15, 0.2) is 5.96 Å². The molecule has 11 heteroatoms. The fraction of sp³-hybridized carbons (Fsp3) is 0.600. The van der Waals surface area contributed by atoms with Gasteiger partial charge in [-0.1, -0.05) is 6.07 Å². The second-order valence-corrected chi connectivity index (χ2v) is 7.13. The zero-order valence-corrected chi connectivity index (χ0v) is 20.6. The maximum atomic E-state index is 13.0. The van der Waals surface area contributed by atoms with Crippen LogP contribution in [0.4, 0.5) is 18.9 Å². The van der Waals surface area contributed by atoms with Gasteiger partial charge in [-0.15, -0.1) is 24.0 Å². The molecule has 31 heavy (non-hydrogen) atoms. The molecule has 0 radical (unpaired) electrons. The predicted octanol–water partition coefficient (Wildman–Crippen LogP) is 3.31. The molecule has 7 nitrogen and oxygen atoms in total. The highest BCUT2D eigenvalue weighted by Gasteiger charge is 2.41. The van der Waals surface area contributed by atoms with Gasteiger partial charge >= 0.3 is 6.18 Å². The average Bonchev–Trinajstić information content (AvgIpc) is 2.69. The number of nitrogens with one attached hydrogen (secondary N) is 2. The van der Waals surface area contributed by atoms with E-state index in [1.54, 1.807) is 12.1 Å². The Kier molecular flexibility index (Phi) is 10.8. The number of aliphatic imine (C=N–C) groups is 1. The normalized spacial score (nSPS) is 16.4. The molecule has 1 aromatic rings. The van der Waals surface area contributed by atoms with Crippen molar-refractivity contribution in [2.75, 3.05) is 45.2 Å². The van der Waals surface area contributed by atoms with Gasteiger partial charge in [-0.25, -0.2) is 4.99 Å². The first-order chi connectivity index (χ1) is 14.2. The lowest BCUT2D eigenvalue weighted by Crippen LogP contribution is -2.56. The van der Waals surface area contributed by atoms with Crippen molar-refractivity contribution in [2.45, 2.75) is 39.5 Å². The van der Waals surface area contributed by atoms with E-state index < -0.39 is 12.2 Å². The number of carbonyl (C=O) groups excluding carboxylic acids is 1. The molecule has 1 saturated heterocycles. The third-order valence-corrected chi connectivity index (χ3v) is 4.96. The smallest absolute Gasteiger partial charge is 0.403 e. The molecule has 1 aliphatic heterocycles. The quantitative estimate of drug-likeness (QED) is 0.319. The topological polar surface area (TPSA) is 69.2 Å². The van der Waals surface area contributed by atoms with E-state index in [4.69, 9.17) is 4.74 Å². The highest BCUT2D eigenvalue weighted by molar-refractivity contribution is 14.0. The number of methoxy groups -OCH3 is 1. The molecule has 0 aromatic heterocycles. The predicted molar refractivity (Wildman–Crippen MR) is 126 cm³/mol. The number of benzene rings is 1. The Hall–Kier alpha value is -1.76. The summed E-state index contributed by atoms with van der Waals surface area (Å²) in [6, 6.07) is 3.97. The Balaban J connectivity index is 0.00000480. The van der Waals surface area contributed by atoms with Crippen LogP contribution in [0.1, 0.15) is 26.3 Å². The highest BCUT2D eigenvalue weighted by atomic mass is 127. The van der Waals surface area contributed by atoms with Gasteiger partial charge in [-0.05, 0) is 31.5 Å². The minimum atomic E-state index is -4.22. The van der Waals surface area contributed by atoms with Crippen LogP contribution in [0.2, 0.25) is 0 Å². The molecule has 0 bridgehead atoms. The van der Waals surface area contributed by atoms with Crippen molar-refractivity contribution in [3.8, 4) is 5.75 Å². The third-order valence-electron chi connectivity index (χ3n) is 4.96. The zero-order chi connectivity index (χ0) is 22.3. The van der Waals surface area contributed by atoms with E-state index in [-0.39, 0.29) is 29.9 Å². The number of guanidine groups is 1. The maximum Gasteiger partial charge on any atom is 0.403 e. The first kappa shape index (κ1) is 27.3. The number of amides is 1. The van der Waals surface area contributed by atoms with Crippen LogP contribution in [0.25, 0.3) is 0 Å². The molecule has 1 fully saturated rings. The lowest BCUT2D eigenvalue weighted by Gasteiger charge is -2.39. The van der Waals surface area contributed by atoms with Gasteiger partial charge in [0.2, 0.25) is 5.91 Å². The lowest BCUT2D eigenvalue weighted by atomic mass is 10.2. The number of nitrogens with zero attached hydrogens (tertiary/aromatic N) is 3. The molecular formula is C20H31F3IN5O2. The fourth-order valence-corrected chi connectivity index (χ4v) is 3.26. The van der Waals surface area contributed by atoms with Crippen molar-refractivity contribution in [3.63, 3.8) is 0 Å². The number of hydrogen-bond acceptors (Lipinski definition) is 4. The molecule has 2 N–H and O–H groups in total. The molecule has 1 heterocycles. The van der Waals surface area contributed by atoms with E-state index in [0.717, 1.165) is 5.56 Å². The van der Waals surface area contributed by atoms with Crippen LogP contribution in [0, 0.1) is 0 Å². The minimum absolute atomic E-state index is 0. The van der Waals surface area contributed by atoms with Crippen molar-refractivity contribution in [2.24, 2.45) is 4.99 Å². The van der Waals surface area contributed by atoms with Crippen molar-refractivity contribution in [3.05, 3.63) is 23.8 Å². The number of anilines is 1. The first-order valence-electron chi connectivity index (χ1n) is 9.94. The molecule has 1 aliphatic rings. The number of halogens is 4. The van der Waals surface area contributed by atoms with Crippen molar-refractivity contribution < 1.29 is 22.7 Å². The zero-order valence-electron chi connectivity index (χ0n) is 18.3. The van der Waals surface area contributed by atoms with Gasteiger partial charge in [0.1, 0.15) is 11.8 Å². The lowest BCUT2D eigenvalue weighted by molar-refractivity contribution is -0.181. The summed E-state index contributed by atoms with van der Waals surface area (Å²) in [6.45, 7) is 7.15. The second kappa shape index (κ2) is 12.3. The standard InChI is InChI=1S/C20H30F3N5O2.HI/c1-5-24-19(28-10-8-27(9-11-28)14(2)20(21,22)23)25-13-16-6-7-18(30-4)17(12-16)26-15(3)29;/h6-7,12,14H,5,8-11,13H2,1-4H3,(H,24,25)(H,26,29);1H. The van der Waals surface area contributed by atoms with Gasteiger partial charge < -0.3 is 20.3 Å². The van der Waals surface area contributed by atoms with Gasteiger partial charge in [0.25, 0.3) is 0 Å². The van der Waals surface area contributed by atoms with Gasteiger partial charge in [-0.2, -0.15) is 13.2 Å². The summed E-state index contributed by atoms with van der Waals surface area (Å²) >= 11 is 0. The molecule has 1 amide bonds. The Morgan fingerprint density at radius 1 is 1.26 bits per heavy atom. The summed E-state index contributed by atoms with van der Waals surface area (Å²) in [5.74, 6) is 1.02. The molecule has 1 aromatic carbocycles. The molecule has 1 unspecified atom stereocenters. The number of ether oxygens (including phenoxy) is 1. The minimum Gasteiger partial charge on any atom is -0.495 e. The summed E-state index contributed by atoms with van der Waals surface area (Å²) in [5, 5.41) is 5.94. The van der Waals surface area contributed by atoms with Gasteiger partial charge in [0, 0.05) is 39.6 Å². The molecule has 0 spiro atoms. The number of rotatable bonds is 6. The van der Waals surface area contributed by atoms with Crippen LogP contribution in [-0.4, -0.2) is 73.7 Å². The summed E-state index contributed by atoms with van der Waals surface area (Å²) < 4.78 is 44.1. The summed E-state index contributed by atoms with van der Waals surface area (Å²) in [4.78, 5) is 19.5. The van der Waals surface area contributed by atoms with Crippen LogP contribution >= 0.6 is 24.0 Å². The number of alkyl halides is 3. The molecular weight excluding hydrogens is 526 g/mol. The van der Waals surface area contributed by atoms with Gasteiger partial charge in [-0.3, -0.25) is 9.69 Å². The van der Waals surface area contributed by atoms with Crippen LogP contribution in [-0.2, 0) is 11.3 Å². The van der Waals surface area contributed by atoms with Crippen molar-refractivity contribution in [1.82, 2.24) is 15.1 Å². The Morgan fingerprint density at radius 2 is 1.90 bits per heavy atom. The van der Waals surface area contributed by atoms with Crippen LogP contribution in [0.5, 0.6) is 5.75 Å². The van der Waals surface area contributed by atoms with E-state index in [2.05, 4.69) is 15.6 Å². The van der Waals surface area contributed by atoms with Crippen LogP contribution < -0.4 is 15.4 Å². The van der Waals surface area contributed by atoms with Crippen LogP contribution in [0.15, 0.2) is 23.2 Å². The number of piperazine rings is 1.